The Morgan fingerprint density at radius 3 is 2.84 bits per heavy atom. The van der Waals surface area contributed by atoms with Gasteiger partial charge in [-0.3, -0.25) is 9.88 Å². The van der Waals surface area contributed by atoms with Crippen LogP contribution in [0.1, 0.15) is 45.2 Å². The van der Waals surface area contributed by atoms with Gasteiger partial charge >= 0.3 is 6.02 Å². The molecule has 0 aromatic carbocycles. The maximum Gasteiger partial charge on any atom is 0.311 e. The SMILES string of the molecule is CCC=CC(=CCCOC1=NC(C(CSc2cc(C)ncc2NC)NC)CCC=N1)CN(CC)CCOC. The summed E-state index contributed by atoms with van der Waals surface area (Å²) in [6.45, 7) is 10.5. The molecule has 9 heteroatoms. The molecule has 0 aliphatic carbocycles. The lowest BCUT2D eigenvalue weighted by Crippen LogP contribution is -2.39. The van der Waals surface area contributed by atoms with Gasteiger partial charge in [-0.05, 0) is 51.4 Å². The molecule has 2 N–H and O–H groups in total. The summed E-state index contributed by atoms with van der Waals surface area (Å²) >= 11 is 1.82. The van der Waals surface area contributed by atoms with Gasteiger partial charge in [0.25, 0.3) is 0 Å². The van der Waals surface area contributed by atoms with Crippen molar-refractivity contribution in [3.63, 3.8) is 0 Å². The van der Waals surface area contributed by atoms with E-state index in [1.807, 2.05) is 45.2 Å². The van der Waals surface area contributed by atoms with Crippen LogP contribution in [0.3, 0.4) is 0 Å². The number of allylic oxidation sites excluding steroid dienone is 1. The van der Waals surface area contributed by atoms with Gasteiger partial charge in [0.2, 0.25) is 0 Å². The molecule has 212 valence electrons. The van der Waals surface area contributed by atoms with Gasteiger partial charge < -0.3 is 20.1 Å². The van der Waals surface area contributed by atoms with Gasteiger partial charge in [0.15, 0.2) is 0 Å². The van der Waals surface area contributed by atoms with Crippen molar-refractivity contribution < 1.29 is 9.47 Å². The van der Waals surface area contributed by atoms with E-state index < -0.39 is 0 Å². The van der Waals surface area contributed by atoms with E-state index in [4.69, 9.17) is 14.5 Å². The Morgan fingerprint density at radius 2 is 2.13 bits per heavy atom. The highest BCUT2D eigenvalue weighted by molar-refractivity contribution is 7.99. The number of aliphatic imine (C=N–C) groups is 2. The Labute approximate surface area is 234 Å². The van der Waals surface area contributed by atoms with Crippen molar-refractivity contribution in [2.75, 3.05) is 65.1 Å². The Bertz CT molecular complexity index is 934. The molecule has 8 nitrogen and oxygen atoms in total. The molecule has 1 aliphatic heterocycles. The fourth-order valence-corrected chi connectivity index (χ4v) is 5.39. The highest BCUT2D eigenvalue weighted by Gasteiger charge is 2.22. The van der Waals surface area contributed by atoms with Crippen LogP contribution < -0.4 is 10.6 Å². The molecule has 0 saturated heterocycles. The highest BCUT2D eigenvalue weighted by Crippen LogP contribution is 2.28. The Morgan fingerprint density at radius 1 is 1.29 bits per heavy atom. The number of hydrogen-bond donors (Lipinski definition) is 2. The summed E-state index contributed by atoms with van der Waals surface area (Å²) < 4.78 is 11.3. The smallest absolute Gasteiger partial charge is 0.311 e. The van der Waals surface area contributed by atoms with Crippen LogP contribution in [-0.4, -0.2) is 94.0 Å². The third-order valence-corrected chi connectivity index (χ3v) is 7.56. The molecule has 0 amide bonds. The second kappa shape index (κ2) is 19.0. The molecule has 2 rings (SSSR count). The van der Waals surface area contributed by atoms with Crippen LogP contribution in [0.4, 0.5) is 5.69 Å². The zero-order chi connectivity index (χ0) is 27.6. The van der Waals surface area contributed by atoms with E-state index in [1.54, 1.807) is 7.11 Å². The lowest BCUT2D eigenvalue weighted by Gasteiger charge is -2.23. The van der Waals surface area contributed by atoms with E-state index in [0.29, 0.717) is 12.6 Å². The van der Waals surface area contributed by atoms with E-state index in [-0.39, 0.29) is 12.1 Å². The number of rotatable bonds is 17. The highest BCUT2D eigenvalue weighted by atomic mass is 32.2. The van der Waals surface area contributed by atoms with Crippen molar-refractivity contribution in [2.24, 2.45) is 9.98 Å². The second-order valence-corrected chi connectivity index (χ2v) is 10.3. The van der Waals surface area contributed by atoms with E-state index in [0.717, 1.165) is 69.1 Å². The lowest BCUT2D eigenvalue weighted by molar-refractivity contribution is 0.156. The van der Waals surface area contributed by atoms with E-state index in [1.165, 1.54) is 10.5 Å². The Hall–Kier alpha value is -2.20. The van der Waals surface area contributed by atoms with Gasteiger partial charge in [0, 0.05) is 62.3 Å². The van der Waals surface area contributed by atoms with Crippen LogP contribution in [0.25, 0.3) is 0 Å². The van der Waals surface area contributed by atoms with Gasteiger partial charge in [-0.25, -0.2) is 9.98 Å². The number of aryl methyl sites for hydroxylation is 1. The molecule has 0 bridgehead atoms. The number of anilines is 1. The zero-order valence-corrected chi connectivity index (χ0v) is 25.0. The number of aromatic nitrogens is 1. The molecule has 1 aliphatic rings. The number of nitrogens with zero attached hydrogens (tertiary/aromatic N) is 4. The molecule has 0 saturated carbocycles. The Kier molecular flexibility index (Phi) is 16.0. The number of nitrogens with one attached hydrogen (secondary N) is 2. The first kappa shape index (κ1) is 32.0. The summed E-state index contributed by atoms with van der Waals surface area (Å²) in [7, 11) is 5.69. The minimum atomic E-state index is 0.100. The number of likely N-dealkylation sites (N-methyl/N-ethyl adjacent to an activating group) is 2. The van der Waals surface area contributed by atoms with Gasteiger partial charge in [0.05, 0.1) is 31.1 Å². The molecule has 0 radical (unpaired) electrons. The largest absolute Gasteiger partial charge is 0.463 e. The van der Waals surface area contributed by atoms with Crippen LogP contribution in [0, 0.1) is 6.92 Å². The maximum absolute atomic E-state index is 6.05. The minimum absolute atomic E-state index is 0.100. The van der Waals surface area contributed by atoms with Crippen molar-refractivity contribution >= 4 is 29.7 Å². The number of thioether (sulfide) groups is 1. The number of methoxy groups -OCH3 is 1. The molecule has 1 aromatic heterocycles. The third kappa shape index (κ3) is 11.7. The topological polar surface area (TPSA) is 83.4 Å². The van der Waals surface area contributed by atoms with Gasteiger partial charge in [-0.15, -0.1) is 11.8 Å². The first-order valence-electron chi connectivity index (χ1n) is 13.8. The summed E-state index contributed by atoms with van der Waals surface area (Å²) in [5, 5.41) is 6.72. The van der Waals surface area contributed by atoms with Crippen LogP contribution >= 0.6 is 11.8 Å². The summed E-state index contributed by atoms with van der Waals surface area (Å²) in [6, 6.07) is 2.92. The molecular formula is C29H48N6O2S. The fraction of sp³-hybridized carbons (Fsp3) is 0.621. The van der Waals surface area contributed by atoms with Gasteiger partial charge in [-0.2, -0.15) is 0 Å². The van der Waals surface area contributed by atoms with Crippen LogP contribution in [-0.2, 0) is 9.47 Å². The predicted octanol–water partition coefficient (Wildman–Crippen LogP) is 4.97. The summed E-state index contributed by atoms with van der Waals surface area (Å²) in [5.74, 6) is 0.892. The number of ether oxygens (including phenoxy) is 2. The molecular weight excluding hydrogens is 496 g/mol. The van der Waals surface area contributed by atoms with Gasteiger partial charge in [-0.1, -0.05) is 32.1 Å². The van der Waals surface area contributed by atoms with Crippen LogP contribution in [0.5, 0.6) is 0 Å². The third-order valence-electron chi connectivity index (χ3n) is 6.38. The van der Waals surface area contributed by atoms with Crippen molar-refractivity contribution in [2.45, 2.75) is 63.4 Å². The van der Waals surface area contributed by atoms with E-state index >= 15 is 0 Å². The summed E-state index contributed by atoms with van der Waals surface area (Å²) in [4.78, 5) is 17.4. The second-order valence-electron chi connectivity index (χ2n) is 9.23. The maximum atomic E-state index is 6.05. The number of hydrogen-bond acceptors (Lipinski definition) is 9. The zero-order valence-electron chi connectivity index (χ0n) is 24.2. The standard InChI is InChI=1S/C29H48N6O2S/c1-7-9-12-24(21-35(8-2)16-18-36-6)13-11-17-37-29-32-15-10-14-25(34-29)27(31-5)22-38-28-19-23(3)33-20-26(28)30-4/h9,12-13,15,19-20,25,27,30-31H,7-8,10-11,14,16-18,21-22H2,1-6H3. The van der Waals surface area contributed by atoms with Crippen molar-refractivity contribution in [3.8, 4) is 0 Å². The summed E-state index contributed by atoms with van der Waals surface area (Å²) in [5.41, 5.74) is 3.37. The molecule has 38 heavy (non-hydrogen) atoms. The first-order chi connectivity index (χ1) is 18.5. The summed E-state index contributed by atoms with van der Waals surface area (Å²) in [6.07, 6.45) is 14.2. The average Bonchev–Trinajstić information content (AvgIpc) is 3.17. The monoisotopic (exact) mass is 544 g/mol. The van der Waals surface area contributed by atoms with Crippen molar-refractivity contribution in [1.82, 2.24) is 15.2 Å². The van der Waals surface area contributed by atoms with E-state index in [9.17, 15) is 0 Å². The molecule has 2 unspecified atom stereocenters. The Balaban J connectivity index is 1.98. The van der Waals surface area contributed by atoms with Gasteiger partial charge in [0.1, 0.15) is 0 Å². The molecule has 0 spiro atoms. The molecule has 2 atom stereocenters. The first-order valence-corrected chi connectivity index (χ1v) is 14.8. The predicted molar refractivity (Wildman–Crippen MR) is 163 cm³/mol. The van der Waals surface area contributed by atoms with Crippen LogP contribution in [0.15, 0.2) is 50.9 Å². The number of amidine groups is 1. The number of pyridine rings is 1. The van der Waals surface area contributed by atoms with Crippen molar-refractivity contribution in [1.29, 1.82) is 0 Å². The molecule has 1 aromatic rings. The van der Waals surface area contributed by atoms with Crippen LogP contribution in [0.2, 0.25) is 0 Å². The fourth-order valence-electron chi connectivity index (χ4n) is 4.08. The quantitative estimate of drug-likeness (QED) is 0.163. The van der Waals surface area contributed by atoms with E-state index in [2.05, 4.69) is 63.7 Å². The molecule has 2 heterocycles. The lowest BCUT2D eigenvalue weighted by atomic mass is 10.1. The normalized spacial score (nSPS) is 17.1. The minimum Gasteiger partial charge on any atom is -0.463 e. The van der Waals surface area contributed by atoms with Crippen molar-refractivity contribution in [3.05, 3.63) is 41.8 Å². The average molecular weight is 545 g/mol. The molecule has 0 fully saturated rings.